The fraction of sp³-hybridized carbons (Fsp3) is 0.542. The Kier molecular flexibility index (Phi) is 6.13. The van der Waals surface area contributed by atoms with Crippen LogP contribution in [0.15, 0.2) is 30.3 Å². The molecule has 37 heavy (non-hydrogen) atoms. The van der Waals surface area contributed by atoms with E-state index in [4.69, 9.17) is 4.74 Å². The number of benzene rings is 1. The summed E-state index contributed by atoms with van der Waals surface area (Å²) in [5.74, 6) is 0.603. The van der Waals surface area contributed by atoms with Crippen molar-refractivity contribution in [3.05, 3.63) is 41.6 Å². The molecule has 2 saturated carbocycles. The van der Waals surface area contributed by atoms with Crippen molar-refractivity contribution in [1.82, 2.24) is 15.1 Å². The molecule has 2 heterocycles. The molecule has 13 heteroatoms. The second kappa shape index (κ2) is 8.93. The van der Waals surface area contributed by atoms with E-state index in [1.165, 1.54) is 16.8 Å². The number of carbonyl (C=O) groups excluding carboxylic acids is 1. The number of nitrogens with one attached hydrogen (secondary N) is 1. The van der Waals surface area contributed by atoms with Crippen LogP contribution in [0.25, 0.3) is 5.69 Å². The molecule has 0 unspecified atom stereocenters. The Morgan fingerprint density at radius 2 is 1.95 bits per heavy atom. The third-order valence-corrected chi connectivity index (χ3v) is 9.27. The van der Waals surface area contributed by atoms with Crippen LogP contribution in [0.2, 0.25) is 0 Å². The van der Waals surface area contributed by atoms with Crippen LogP contribution in [0.1, 0.15) is 43.4 Å². The number of halogens is 3. The van der Waals surface area contributed by atoms with Crippen LogP contribution in [0.4, 0.5) is 23.8 Å². The Labute approximate surface area is 212 Å². The molecular formula is C24H26F3N5O4S. The van der Waals surface area contributed by atoms with E-state index in [9.17, 15) is 31.6 Å². The van der Waals surface area contributed by atoms with E-state index in [1.807, 2.05) is 6.07 Å². The summed E-state index contributed by atoms with van der Waals surface area (Å²) in [6.07, 6.45) is -3.52. The largest absolute Gasteiger partial charge is 0.425 e. The van der Waals surface area contributed by atoms with Gasteiger partial charge >= 0.3 is 12.3 Å². The average Bonchev–Trinajstić information content (AvgIpc) is 3.71. The van der Waals surface area contributed by atoms with Crippen molar-refractivity contribution < 1.29 is 31.1 Å². The van der Waals surface area contributed by atoms with Gasteiger partial charge in [-0.15, -0.1) is 0 Å². The monoisotopic (exact) mass is 537 g/mol. The van der Waals surface area contributed by atoms with E-state index >= 15 is 0 Å². The maximum atomic E-state index is 13.1. The Bertz CT molecular complexity index is 1340. The quantitative estimate of drug-likeness (QED) is 0.572. The van der Waals surface area contributed by atoms with Crippen molar-refractivity contribution in [3.63, 3.8) is 0 Å². The van der Waals surface area contributed by atoms with E-state index in [0.29, 0.717) is 30.0 Å². The molecule has 0 radical (unpaired) electrons. The summed E-state index contributed by atoms with van der Waals surface area (Å²) in [4.78, 5) is 14.2. The zero-order valence-electron chi connectivity index (χ0n) is 20.0. The summed E-state index contributed by atoms with van der Waals surface area (Å²) in [7, 11) is -3.49. The summed E-state index contributed by atoms with van der Waals surface area (Å²) < 4.78 is 72.5. The van der Waals surface area contributed by atoms with Gasteiger partial charge in [0.25, 0.3) is 0 Å². The highest BCUT2D eigenvalue weighted by molar-refractivity contribution is 7.92. The van der Waals surface area contributed by atoms with E-state index in [2.05, 4.69) is 10.4 Å². The first-order valence-corrected chi connectivity index (χ1v) is 13.7. The maximum Gasteiger partial charge on any atom is 0.416 e. The SMILES string of the molecule is Cc1cc(N2C[C@H](S(=O)(=O)CC3CC3)C[C@@H]2OC(=O)NC2(C#N)CC2)n(-c2ccc(C(F)(F)F)cc2)n1. The number of carbonyl (C=O) groups is 1. The van der Waals surface area contributed by atoms with Crippen molar-refractivity contribution >= 4 is 21.7 Å². The summed E-state index contributed by atoms with van der Waals surface area (Å²) >= 11 is 0. The molecule has 198 valence electrons. The zero-order chi connectivity index (χ0) is 26.6. The lowest BCUT2D eigenvalue weighted by molar-refractivity contribution is -0.137. The van der Waals surface area contributed by atoms with Crippen LogP contribution in [-0.4, -0.2) is 53.6 Å². The Hall–Kier alpha value is -3.27. The number of ether oxygens (including phenoxy) is 1. The third-order valence-electron chi connectivity index (χ3n) is 6.98. The summed E-state index contributed by atoms with van der Waals surface area (Å²) in [5.41, 5.74) is -0.886. The van der Waals surface area contributed by atoms with Crippen molar-refractivity contribution in [1.29, 1.82) is 5.26 Å². The van der Waals surface area contributed by atoms with Gasteiger partial charge in [-0.2, -0.15) is 23.5 Å². The summed E-state index contributed by atoms with van der Waals surface area (Å²) in [6.45, 7) is 1.73. The van der Waals surface area contributed by atoms with Gasteiger partial charge in [0, 0.05) is 19.0 Å². The molecule has 1 aromatic carbocycles. The Balaban J connectivity index is 1.45. The van der Waals surface area contributed by atoms with Gasteiger partial charge < -0.3 is 15.0 Å². The summed E-state index contributed by atoms with van der Waals surface area (Å²) in [5, 5.41) is 15.4. The second-order valence-electron chi connectivity index (χ2n) is 10.1. The molecule has 9 nitrogen and oxygen atoms in total. The van der Waals surface area contributed by atoms with Crippen molar-refractivity contribution in [3.8, 4) is 11.8 Å². The standard InChI is InChI=1S/C24H26F3N5O4S/c1-15-10-20(32(30-15)18-6-4-17(5-7-18)24(25,26)27)31-12-19(37(34,35)13-16-2-3-16)11-21(31)36-22(33)29-23(14-28)8-9-23/h4-7,10,16,19,21H,2-3,8-9,11-13H2,1H3,(H,29,33)/t19-,21+/m1/s1. The van der Waals surface area contributed by atoms with Crippen LogP contribution in [0.5, 0.6) is 0 Å². The molecule has 1 aliphatic heterocycles. The first kappa shape index (κ1) is 25.4. The van der Waals surface area contributed by atoms with E-state index in [1.54, 1.807) is 17.9 Å². The minimum atomic E-state index is -4.49. The predicted octanol–water partition coefficient (Wildman–Crippen LogP) is 3.71. The maximum absolute atomic E-state index is 13.1. The lowest BCUT2D eigenvalue weighted by Gasteiger charge is -2.27. The molecule has 1 N–H and O–H groups in total. The van der Waals surface area contributed by atoms with Crippen LogP contribution >= 0.6 is 0 Å². The molecule has 0 spiro atoms. The molecular weight excluding hydrogens is 511 g/mol. The number of anilines is 1. The number of amides is 1. The van der Waals surface area contributed by atoms with Crippen LogP contribution in [0.3, 0.4) is 0 Å². The highest BCUT2D eigenvalue weighted by atomic mass is 32.2. The van der Waals surface area contributed by atoms with Crippen molar-refractivity contribution in [2.45, 2.75) is 62.2 Å². The summed E-state index contributed by atoms with van der Waals surface area (Å²) in [6, 6.07) is 8.16. The molecule has 2 atom stereocenters. The number of hydrogen-bond donors (Lipinski definition) is 1. The Morgan fingerprint density at radius 1 is 1.27 bits per heavy atom. The first-order valence-electron chi connectivity index (χ1n) is 12.0. The molecule has 1 saturated heterocycles. The van der Waals surface area contributed by atoms with E-state index < -0.39 is 44.7 Å². The first-order chi connectivity index (χ1) is 17.4. The molecule has 2 aliphatic carbocycles. The molecule has 1 aromatic heterocycles. The molecule has 3 aliphatic rings. The molecule has 0 bridgehead atoms. The van der Waals surface area contributed by atoms with E-state index in [0.717, 1.165) is 25.0 Å². The van der Waals surface area contributed by atoms with Gasteiger partial charge in [0.2, 0.25) is 0 Å². The van der Waals surface area contributed by atoms with Gasteiger partial charge in [0.05, 0.1) is 34.0 Å². The van der Waals surface area contributed by atoms with Crippen LogP contribution < -0.4 is 10.2 Å². The van der Waals surface area contributed by atoms with Crippen LogP contribution in [-0.2, 0) is 20.8 Å². The van der Waals surface area contributed by atoms with Gasteiger partial charge in [-0.25, -0.2) is 17.9 Å². The molecule has 1 amide bonds. The number of nitriles is 1. The molecule has 5 rings (SSSR count). The normalized spacial score (nSPS) is 22.9. The number of aryl methyl sites for hydroxylation is 1. The number of hydrogen-bond acceptors (Lipinski definition) is 7. The number of rotatable bonds is 7. The number of aromatic nitrogens is 2. The number of sulfone groups is 1. The highest BCUT2D eigenvalue weighted by Crippen LogP contribution is 2.38. The lowest BCUT2D eigenvalue weighted by Crippen LogP contribution is -2.42. The number of alkyl halides is 3. The van der Waals surface area contributed by atoms with E-state index in [-0.39, 0.29) is 24.6 Å². The second-order valence-corrected chi connectivity index (χ2v) is 12.4. The molecule has 3 fully saturated rings. The van der Waals surface area contributed by atoms with Crippen LogP contribution in [0, 0.1) is 24.2 Å². The van der Waals surface area contributed by atoms with Gasteiger partial charge in [-0.1, -0.05) is 0 Å². The zero-order valence-corrected chi connectivity index (χ0v) is 20.8. The number of alkyl carbamates (subject to hydrolysis) is 1. The van der Waals surface area contributed by atoms with Gasteiger partial charge in [0.15, 0.2) is 16.1 Å². The Morgan fingerprint density at radius 3 is 2.51 bits per heavy atom. The lowest BCUT2D eigenvalue weighted by atomic mass is 10.2. The fourth-order valence-electron chi connectivity index (χ4n) is 4.54. The topological polar surface area (TPSA) is 117 Å². The predicted molar refractivity (Wildman–Crippen MR) is 127 cm³/mol. The molecule has 2 aromatic rings. The number of nitrogens with zero attached hydrogens (tertiary/aromatic N) is 4. The smallest absolute Gasteiger partial charge is 0.416 e. The highest BCUT2D eigenvalue weighted by Gasteiger charge is 2.48. The van der Waals surface area contributed by atoms with Gasteiger partial charge in [-0.05, 0) is 62.8 Å². The van der Waals surface area contributed by atoms with Gasteiger partial charge in [-0.3, -0.25) is 0 Å². The minimum absolute atomic E-state index is 0.0270. The average molecular weight is 538 g/mol. The van der Waals surface area contributed by atoms with Crippen molar-refractivity contribution in [2.24, 2.45) is 5.92 Å². The minimum Gasteiger partial charge on any atom is -0.425 e. The van der Waals surface area contributed by atoms with Gasteiger partial charge in [0.1, 0.15) is 11.4 Å². The third kappa shape index (κ3) is 5.39. The fourth-order valence-corrected chi connectivity index (χ4v) is 6.64. The van der Waals surface area contributed by atoms with Crippen molar-refractivity contribution in [2.75, 3.05) is 17.2 Å².